The molecule has 0 fully saturated rings. The van der Waals surface area contributed by atoms with Gasteiger partial charge in [-0.2, -0.15) is 0 Å². The summed E-state index contributed by atoms with van der Waals surface area (Å²) in [7, 11) is 0. The quantitative estimate of drug-likeness (QED) is 0.792. The van der Waals surface area contributed by atoms with Gasteiger partial charge in [-0.05, 0) is 31.9 Å². The molecule has 2 N–H and O–H groups in total. The van der Waals surface area contributed by atoms with Crippen molar-refractivity contribution >= 4 is 34.8 Å². The Morgan fingerprint density at radius 2 is 2.05 bits per heavy atom. The molecule has 0 saturated carbocycles. The fourth-order valence-corrected chi connectivity index (χ4v) is 1.83. The number of rotatable bonds is 6. The monoisotopic (exact) mass is 303 g/mol. The molecule has 1 atom stereocenters. The van der Waals surface area contributed by atoms with Crippen LogP contribution in [0.4, 0.5) is 5.69 Å². The van der Waals surface area contributed by atoms with Crippen LogP contribution >= 0.6 is 23.2 Å². The molecule has 0 saturated heterocycles. The number of nitrogens with one attached hydrogen (secondary N) is 2. The molecule has 0 spiro atoms. The van der Waals surface area contributed by atoms with Crippen molar-refractivity contribution in [3.8, 4) is 0 Å². The third kappa shape index (κ3) is 5.76. The van der Waals surface area contributed by atoms with Gasteiger partial charge in [0, 0.05) is 0 Å². The molecule has 0 aliphatic heterocycles. The standard InChI is InChI=1S/C13H19Cl2N3O/c1-8(2)4-5-16-9(3)13(19)18-11-7-17-12(15)6-10(11)14/h6-9,16H,4-5H2,1-3H3,(H,18,19). The van der Waals surface area contributed by atoms with Gasteiger partial charge in [0.2, 0.25) is 5.91 Å². The zero-order valence-electron chi connectivity index (χ0n) is 11.3. The predicted octanol–water partition coefficient (Wildman–Crippen LogP) is 3.35. The summed E-state index contributed by atoms with van der Waals surface area (Å²) in [5.41, 5.74) is 0.466. The molecule has 1 amide bonds. The molecule has 19 heavy (non-hydrogen) atoms. The van der Waals surface area contributed by atoms with E-state index in [2.05, 4.69) is 29.5 Å². The van der Waals surface area contributed by atoms with E-state index >= 15 is 0 Å². The Labute approximate surface area is 123 Å². The molecule has 1 unspecified atom stereocenters. The summed E-state index contributed by atoms with van der Waals surface area (Å²) in [6.45, 7) is 6.91. The zero-order valence-corrected chi connectivity index (χ0v) is 12.8. The predicted molar refractivity (Wildman–Crippen MR) is 79.8 cm³/mol. The van der Waals surface area contributed by atoms with Crippen LogP contribution in [0.25, 0.3) is 0 Å². The van der Waals surface area contributed by atoms with Gasteiger partial charge in [-0.1, -0.05) is 37.0 Å². The van der Waals surface area contributed by atoms with Gasteiger partial charge in [0.25, 0.3) is 0 Å². The van der Waals surface area contributed by atoms with Gasteiger partial charge < -0.3 is 10.6 Å². The number of carbonyl (C=O) groups is 1. The van der Waals surface area contributed by atoms with E-state index in [4.69, 9.17) is 23.2 Å². The van der Waals surface area contributed by atoms with Crippen molar-refractivity contribution in [3.05, 3.63) is 22.4 Å². The van der Waals surface area contributed by atoms with Crippen LogP contribution in [-0.2, 0) is 4.79 Å². The molecule has 0 aliphatic rings. The molecule has 4 nitrogen and oxygen atoms in total. The van der Waals surface area contributed by atoms with E-state index in [1.807, 2.05) is 6.92 Å². The average molecular weight is 304 g/mol. The number of hydrogen-bond donors (Lipinski definition) is 2. The van der Waals surface area contributed by atoms with Crippen LogP contribution in [-0.4, -0.2) is 23.5 Å². The maximum absolute atomic E-state index is 11.9. The first-order valence-electron chi connectivity index (χ1n) is 6.25. The molecule has 0 aliphatic carbocycles. The SMILES string of the molecule is CC(C)CCNC(C)C(=O)Nc1cnc(Cl)cc1Cl. The second-order valence-electron chi connectivity index (χ2n) is 4.83. The van der Waals surface area contributed by atoms with Crippen LogP contribution in [0.2, 0.25) is 10.2 Å². The molecule has 1 heterocycles. The summed E-state index contributed by atoms with van der Waals surface area (Å²) in [4.78, 5) is 15.8. The average Bonchev–Trinajstić information content (AvgIpc) is 2.32. The lowest BCUT2D eigenvalue weighted by atomic mass is 10.1. The van der Waals surface area contributed by atoms with E-state index in [9.17, 15) is 4.79 Å². The van der Waals surface area contributed by atoms with E-state index < -0.39 is 0 Å². The summed E-state index contributed by atoms with van der Waals surface area (Å²) in [6, 6.07) is 1.21. The van der Waals surface area contributed by atoms with Crippen LogP contribution in [0.15, 0.2) is 12.3 Å². The minimum absolute atomic E-state index is 0.144. The second-order valence-corrected chi connectivity index (χ2v) is 5.63. The molecule has 106 valence electrons. The maximum atomic E-state index is 11.9. The topological polar surface area (TPSA) is 54.0 Å². The van der Waals surface area contributed by atoms with Gasteiger partial charge in [0.05, 0.1) is 22.9 Å². The van der Waals surface area contributed by atoms with Crippen LogP contribution in [0.1, 0.15) is 27.2 Å². The highest BCUT2D eigenvalue weighted by atomic mass is 35.5. The molecule has 1 aromatic heterocycles. The van der Waals surface area contributed by atoms with Gasteiger partial charge in [-0.3, -0.25) is 4.79 Å². The summed E-state index contributed by atoms with van der Waals surface area (Å²) in [5.74, 6) is 0.465. The molecule has 0 bridgehead atoms. The van der Waals surface area contributed by atoms with Crippen molar-refractivity contribution < 1.29 is 4.79 Å². The summed E-state index contributed by atoms with van der Waals surface area (Å²) in [5, 5.41) is 6.56. The minimum atomic E-state index is -0.287. The summed E-state index contributed by atoms with van der Waals surface area (Å²) in [6.07, 6.45) is 2.48. The van der Waals surface area contributed by atoms with Crippen LogP contribution in [0, 0.1) is 5.92 Å². The lowest BCUT2D eigenvalue weighted by molar-refractivity contribution is -0.117. The van der Waals surface area contributed by atoms with Crippen LogP contribution < -0.4 is 10.6 Å². The van der Waals surface area contributed by atoms with Crippen molar-refractivity contribution in [1.29, 1.82) is 0 Å². The van der Waals surface area contributed by atoms with Gasteiger partial charge in [0.15, 0.2) is 0 Å². The first-order valence-corrected chi connectivity index (χ1v) is 7.01. The molecule has 0 radical (unpaired) electrons. The summed E-state index contributed by atoms with van der Waals surface area (Å²) < 4.78 is 0. The van der Waals surface area contributed by atoms with E-state index in [-0.39, 0.29) is 11.9 Å². The molecular weight excluding hydrogens is 285 g/mol. The third-order valence-corrected chi connectivity index (χ3v) is 3.16. The van der Waals surface area contributed by atoms with Crippen molar-refractivity contribution in [2.45, 2.75) is 33.2 Å². The fourth-order valence-electron chi connectivity index (χ4n) is 1.42. The maximum Gasteiger partial charge on any atom is 0.241 e. The van der Waals surface area contributed by atoms with Gasteiger partial charge in [0.1, 0.15) is 5.15 Å². The Balaban J connectivity index is 2.49. The largest absolute Gasteiger partial charge is 0.322 e. The Kier molecular flexibility index (Phi) is 6.55. The number of halogens is 2. The Hall–Kier alpha value is -0.840. The van der Waals surface area contributed by atoms with E-state index in [0.717, 1.165) is 13.0 Å². The number of carbonyl (C=O) groups excluding carboxylic acids is 1. The van der Waals surface area contributed by atoms with E-state index in [0.29, 0.717) is 21.8 Å². The number of pyridine rings is 1. The highest BCUT2D eigenvalue weighted by Crippen LogP contribution is 2.23. The van der Waals surface area contributed by atoms with Crippen molar-refractivity contribution in [1.82, 2.24) is 10.3 Å². The Morgan fingerprint density at radius 3 is 2.63 bits per heavy atom. The number of hydrogen-bond acceptors (Lipinski definition) is 3. The lowest BCUT2D eigenvalue weighted by Gasteiger charge is -2.15. The van der Waals surface area contributed by atoms with Crippen LogP contribution in [0.3, 0.4) is 0 Å². The van der Waals surface area contributed by atoms with Crippen molar-refractivity contribution in [3.63, 3.8) is 0 Å². The number of aromatic nitrogens is 1. The van der Waals surface area contributed by atoms with Crippen LogP contribution in [0.5, 0.6) is 0 Å². The Bertz CT molecular complexity index is 438. The normalized spacial score (nSPS) is 12.5. The second kappa shape index (κ2) is 7.68. The Morgan fingerprint density at radius 1 is 1.37 bits per heavy atom. The zero-order chi connectivity index (χ0) is 14.4. The first-order chi connectivity index (χ1) is 8.90. The molecule has 0 aromatic carbocycles. The molecule has 1 aromatic rings. The smallest absolute Gasteiger partial charge is 0.241 e. The first kappa shape index (κ1) is 16.2. The minimum Gasteiger partial charge on any atom is -0.322 e. The number of nitrogens with zero attached hydrogens (tertiary/aromatic N) is 1. The van der Waals surface area contributed by atoms with Gasteiger partial charge in [-0.15, -0.1) is 0 Å². The van der Waals surface area contributed by atoms with E-state index in [1.54, 1.807) is 0 Å². The number of anilines is 1. The number of amides is 1. The molecular formula is C13H19Cl2N3O. The lowest BCUT2D eigenvalue weighted by Crippen LogP contribution is -2.38. The highest BCUT2D eigenvalue weighted by Gasteiger charge is 2.14. The van der Waals surface area contributed by atoms with Crippen molar-refractivity contribution in [2.24, 2.45) is 5.92 Å². The summed E-state index contributed by atoms with van der Waals surface area (Å²) >= 11 is 11.7. The molecule has 6 heteroatoms. The van der Waals surface area contributed by atoms with Gasteiger partial charge in [-0.25, -0.2) is 4.98 Å². The fraction of sp³-hybridized carbons (Fsp3) is 0.538. The van der Waals surface area contributed by atoms with Gasteiger partial charge >= 0.3 is 0 Å². The van der Waals surface area contributed by atoms with Crippen molar-refractivity contribution in [2.75, 3.05) is 11.9 Å². The third-order valence-electron chi connectivity index (χ3n) is 2.64. The molecule has 1 rings (SSSR count). The van der Waals surface area contributed by atoms with E-state index in [1.165, 1.54) is 12.3 Å². The highest BCUT2D eigenvalue weighted by molar-refractivity contribution is 6.36.